The molecule has 1 aliphatic carbocycles. The van der Waals surface area contributed by atoms with E-state index in [9.17, 15) is 19.5 Å². The number of aliphatic carboxylic acids is 1. The molecule has 1 saturated carbocycles. The standard InChI is InChI=1S/C13H21N3O4/c1-14-11(17)7-15-13(20)16-9-5-3-2-4-8(9)6-10(16)12(18)19/h8-10H,2-7H2,1H3,(H,14,17)(H,15,20)(H,18,19). The van der Waals surface area contributed by atoms with Gasteiger partial charge in [-0.25, -0.2) is 9.59 Å². The number of carbonyl (C=O) groups excluding carboxylic acids is 2. The number of likely N-dealkylation sites (N-methyl/N-ethyl adjacent to an activating group) is 1. The van der Waals surface area contributed by atoms with Crippen molar-refractivity contribution < 1.29 is 19.5 Å². The van der Waals surface area contributed by atoms with Gasteiger partial charge in [0.05, 0.1) is 6.54 Å². The van der Waals surface area contributed by atoms with Gasteiger partial charge in [-0.2, -0.15) is 0 Å². The molecule has 0 aromatic rings. The highest BCUT2D eigenvalue weighted by Gasteiger charge is 2.47. The highest BCUT2D eigenvalue weighted by molar-refractivity contribution is 5.87. The van der Waals surface area contributed by atoms with Crippen molar-refractivity contribution in [2.24, 2.45) is 5.92 Å². The predicted octanol–water partition coefficient (Wildman–Crippen LogP) is 0.160. The molecule has 0 aromatic carbocycles. The molecule has 2 rings (SSSR count). The summed E-state index contributed by atoms with van der Waals surface area (Å²) in [4.78, 5) is 36.2. The number of urea groups is 1. The van der Waals surface area contributed by atoms with E-state index in [1.54, 1.807) is 0 Å². The number of hydrogen-bond donors (Lipinski definition) is 3. The van der Waals surface area contributed by atoms with E-state index in [2.05, 4.69) is 10.6 Å². The van der Waals surface area contributed by atoms with Crippen molar-refractivity contribution in [3.05, 3.63) is 0 Å². The molecule has 7 heteroatoms. The molecule has 3 unspecified atom stereocenters. The van der Waals surface area contributed by atoms with Crippen LogP contribution in [0.5, 0.6) is 0 Å². The third-order valence-corrected chi connectivity index (χ3v) is 4.29. The second-order valence-electron chi connectivity index (χ2n) is 5.44. The lowest BCUT2D eigenvalue weighted by atomic mass is 9.85. The highest BCUT2D eigenvalue weighted by Crippen LogP contribution is 2.39. The summed E-state index contributed by atoms with van der Waals surface area (Å²) >= 11 is 0. The van der Waals surface area contributed by atoms with Gasteiger partial charge in [0, 0.05) is 13.1 Å². The maximum atomic E-state index is 12.2. The lowest BCUT2D eigenvalue weighted by Crippen LogP contribution is -2.52. The van der Waals surface area contributed by atoms with Crippen LogP contribution in [0.4, 0.5) is 4.79 Å². The van der Waals surface area contributed by atoms with Crippen LogP contribution in [0.1, 0.15) is 32.1 Å². The fraction of sp³-hybridized carbons (Fsp3) is 0.769. The van der Waals surface area contributed by atoms with Gasteiger partial charge in [-0.1, -0.05) is 12.8 Å². The van der Waals surface area contributed by atoms with Gasteiger partial charge in [-0.15, -0.1) is 0 Å². The van der Waals surface area contributed by atoms with Crippen molar-refractivity contribution in [2.45, 2.75) is 44.2 Å². The highest BCUT2D eigenvalue weighted by atomic mass is 16.4. The first-order valence-electron chi connectivity index (χ1n) is 7.04. The van der Waals surface area contributed by atoms with E-state index in [1.807, 2.05) is 0 Å². The van der Waals surface area contributed by atoms with Crippen LogP contribution in [-0.2, 0) is 9.59 Å². The van der Waals surface area contributed by atoms with Crippen LogP contribution in [0, 0.1) is 5.92 Å². The van der Waals surface area contributed by atoms with Crippen molar-refractivity contribution in [2.75, 3.05) is 13.6 Å². The Balaban J connectivity index is 2.06. The Bertz CT molecular complexity index is 412. The average Bonchev–Trinajstić information content (AvgIpc) is 2.84. The zero-order valence-electron chi connectivity index (χ0n) is 11.6. The van der Waals surface area contributed by atoms with Gasteiger partial charge in [0.2, 0.25) is 5.91 Å². The maximum Gasteiger partial charge on any atom is 0.326 e. The van der Waals surface area contributed by atoms with E-state index in [-0.39, 0.29) is 24.4 Å². The predicted molar refractivity (Wildman–Crippen MR) is 71.1 cm³/mol. The van der Waals surface area contributed by atoms with Crippen LogP contribution in [0.3, 0.4) is 0 Å². The molecule has 3 N–H and O–H groups in total. The topological polar surface area (TPSA) is 98.7 Å². The number of carboxylic acids is 1. The summed E-state index contributed by atoms with van der Waals surface area (Å²) < 4.78 is 0. The third-order valence-electron chi connectivity index (χ3n) is 4.29. The first kappa shape index (κ1) is 14.6. The van der Waals surface area contributed by atoms with Gasteiger partial charge in [0.25, 0.3) is 0 Å². The smallest absolute Gasteiger partial charge is 0.326 e. The Morgan fingerprint density at radius 2 is 1.95 bits per heavy atom. The number of rotatable bonds is 3. The summed E-state index contributed by atoms with van der Waals surface area (Å²) in [5.41, 5.74) is 0. The van der Waals surface area contributed by atoms with E-state index in [0.29, 0.717) is 6.42 Å². The number of carbonyl (C=O) groups is 3. The molecule has 1 heterocycles. The van der Waals surface area contributed by atoms with Crippen molar-refractivity contribution in [1.29, 1.82) is 0 Å². The molecule has 0 bridgehead atoms. The molecule has 0 radical (unpaired) electrons. The monoisotopic (exact) mass is 283 g/mol. The molecule has 20 heavy (non-hydrogen) atoms. The third kappa shape index (κ3) is 2.86. The van der Waals surface area contributed by atoms with Crippen LogP contribution >= 0.6 is 0 Å². The van der Waals surface area contributed by atoms with E-state index in [4.69, 9.17) is 0 Å². The van der Waals surface area contributed by atoms with Crippen LogP contribution in [0.25, 0.3) is 0 Å². The van der Waals surface area contributed by atoms with Crippen molar-refractivity contribution in [3.63, 3.8) is 0 Å². The minimum atomic E-state index is -0.963. The SMILES string of the molecule is CNC(=O)CNC(=O)N1C(C(=O)O)CC2CCCCC21. The fourth-order valence-corrected chi connectivity index (χ4v) is 3.31. The average molecular weight is 283 g/mol. The molecule has 0 aromatic heterocycles. The molecule has 2 aliphatic rings. The van der Waals surface area contributed by atoms with Crippen LogP contribution < -0.4 is 10.6 Å². The number of likely N-dealkylation sites (tertiary alicyclic amines) is 1. The summed E-state index contributed by atoms with van der Waals surface area (Å²) in [5, 5.41) is 14.2. The summed E-state index contributed by atoms with van der Waals surface area (Å²) in [5.74, 6) is -0.991. The molecule has 0 spiro atoms. The second kappa shape index (κ2) is 6.11. The molecule has 7 nitrogen and oxygen atoms in total. The molecular formula is C13H21N3O4. The molecule has 1 aliphatic heterocycles. The number of nitrogens with zero attached hydrogens (tertiary/aromatic N) is 1. The first-order chi connectivity index (χ1) is 9.54. The Morgan fingerprint density at radius 1 is 1.25 bits per heavy atom. The lowest BCUT2D eigenvalue weighted by molar-refractivity contribution is -0.141. The normalized spacial score (nSPS) is 28.6. The quantitative estimate of drug-likeness (QED) is 0.687. The Labute approximate surface area is 117 Å². The first-order valence-corrected chi connectivity index (χ1v) is 7.04. The van der Waals surface area contributed by atoms with Crippen LogP contribution in [0.2, 0.25) is 0 Å². The molecular weight excluding hydrogens is 262 g/mol. The van der Waals surface area contributed by atoms with Crippen LogP contribution in [-0.4, -0.2) is 53.6 Å². The molecule has 112 valence electrons. The van der Waals surface area contributed by atoms with Crippen LogP contribution in [0.15, 0.2) is 0 Å². The molecule has 3 amide bonds. The summed E-state index contributed by atoms with van der Waals surface area (Å²) in [6.45, 7) is -0.129. The zero-order valence-corrected chi connectivity index (χ0v) is 11.6. The van der Waals surface area contributed by atoms with E-state index >= 15 is 0 Å². The molecule has 1 saturated heterocycles. The van der Waals surface area contributed by atoms with Gasteiger partial charge in [-0.05, 0) is 25.2 Å². The summed E-state index contributed by atoms with van der Waals surface area (Å²) in [6.07, 6.45) is 4.47. The number of amides is 3. The minimum Gasteiger partial charge on any atom is -0.480 e. The minimum absolute atomic E-state index is 0.00506. The second-order valence-corrected chi connectivity index (χ2v) is 5.44. The number of carboxylic acid groups (broad SMARTS) is 1. The molecule has 2 fully saturated rings. The van der Waals surface area contributed by atoms with Crippen molar-refractivity contribution in [1.82, 2.24) is 15.5 Å². The summed E-state index contributed by atoms with van der Waals surface area (Å²) in [6, 6.07) is -1.22. The van der Waals surface area contributed by atoms with Gasteiger partial charge in [0.1, 0.15) is 6.04 Å². The Kier molecular flexibility index (Phi) is 4.46. The number of fused-ring (bicyclic) bond motifs is 1. The molecule has 3 atom stereocenters. The maximum absolute atomic E-state index is 12.2. The zero-order chi connectivity index (χ0) is 14.7. The fourth-order valence-electron chi connectivity index (χ4n) is 3.31. The van der Waals surface area contributed by atoms with E-state index < -0.39 is 18.0 Å². The largest absolute Gasteiger partial charge is 0.480 e. The van der Waals surface area contributed by atoms with E-state index in [1.165, 1.54) is 11.9 Å². The number of nitrogens with one attached hydrogen (secondary N) is 2. The van der Waals surface area contributed by atoms with Crippen molar-refractivity contribution in [3.8, 4) is 0 Å². The number of hydrogen-bond acceptors (Lipinski definition) is 3. The van der Waals surface area contributed by atoms with Gasteiger partial charge in [-0.3, -0.25) is 4.79 Å². The summed E-state index contributed by atoms with van der Waals surface area (Å²) in [7, 11) is 1.49. The Hall–Kier alpha value is -1.79. The van der Waals surface area contributed by atoms with Gasteiger partial charge in [0.15, 0.2) is 0 Å². The van der Waals surface area contributed by atoms with E-state index in [0.717, 1.165) is 25.7 Å². The Morgan fingerprint density at radius 3 is 2.60 bits per heavy atom. The lowest BCUT2D eigenvalue weighted by Gasteiger charge is -2.32. The van der Waals surface area contributed by atoms with Crippen molar-refractivity contribution >= 4 is 17.9 Å². The van der Waals surface area contributed by atoms with Gasteiger partial charge < -0.3 is 20.6 Å². The van der Waals surface area contributed by atoms with Gasteiger partial charge >= 0.3 is 12.0 Å².